The minimum Gasteiger partial charge on any atom is -0.359 e. The van der Waals surface area contributed by atoms with Gasteiger partial charge in [-0.3, -0.25) is 4.79 Å². The molecule has 4 nitrogen and oxygen atoms in total. The molecule has 23 heavy (non-hydrogen) atoms. The van der Waals surface area contributed by atoms with E-state index >= 15 is 0 Å². The van der Waals surface area contributed by atoms with Gasteiger partial charge in [0.05, 0.1) is 18.2 Å². The summed E-state index contributed by atoms with van der Waals surface area (Å²) in [5.41, 5.74) is 1.80. The Bertz CT molecular complexity index is 696. The van der Waals surface area contributed by atoms with Crippen molar-refractivity contribution in [2.45, 2.75) is 45.1 Å². The van der Waals surface area contributed by atoms with Crippen molar-refractivity contribution in [1.29, 1.82) is 0 Å². The van der Waals surface area contributed by atoms with Gasteiger partial charge in [-0.2, -0.15) is 0 Å². The molecule has 3 rings (SSSR count). The Morgan fingerprint density at radius 1 is 1.43 bits per heavy atom. The zero-order valence-corrected chi connectivity index (χ0v) is 14.2. The first-order valence-electron chi connectivity index (χ1n) is 8.05. The van der Waals surface area contributed by atoms with Crippen molar-refractivity contribution >= 4 is 17.5 Å². The Labute approximate surface area is 141 Å². The van der Waals surface area contributed by atoms with Crippen LogP contribution in [-0.4, -0.2) is 22.5 Å². The summed E-state index contributed by atoms with van der Waals surface area (Å²) in [4.78, 5) is 14.6. The number of aromatic nitrogens is 1. The largest absolute Gasteiger partial charge is 0.359 e. The maximum Gasteiger partial charge on any atom is 0.227 e. The zero-order valence-electron chi connectivity index (χ0n) is 13.5. The molecule has 1 atom stereocenters. The second-order valence-electron chi connectivity index (χ2n) is 6.32. The van der Waals surface area contributed by atoms with E-state index in [2.05, 4.69) is 19.0 Å². The highest BCUT2D eigenvalue weighted by Gasteiger charge is 2.33. The van der Waals surface area contributed by atoms with Crippen LogP contribution in [0.5, 0.6) is 0 Å². The SMILES string of the molecule is CC(C)c1cc(C2CCCN2C(=O)Cc2ccccc2Cl)on1. The van der Waals surface area contributed by atoms with Gasteiger partial charge in [0.1, 0.15) is 0 Å². The maximum atomic E-state index is 12.7. The van der Waals surface area contributed by atoms with Gasteiger partial charge < -0.3 is 9.42 Å². The topological polar surface area (TPSA) is 46.3 Å². The summed E-state index contributed by atoms with van der Waals surface area (Å²) in [6.07, 6.45) is 2.22. The van der Waals surface area contributed by atoms with Gasteiger partial charge in [0.25, 0.3) is 0 Å². The summed E-state index contributed by atoms with van der Waals surface area (Å²) >= 11 is 6.17. The lowest BCUT2D eigenvalue weighted by Crippen LogP contribution is -2.31. The molecule has 1 saturated heterocycles. The molecular formula is C18H21ClN2O2. The summed E-state index contributed by atoms with van der Waals surface area (Å²) in [6, 6.07) is 9.47. The molecule has 0 N–H and O–H groups in total. The average Bonchev–Trinajstić information content (AvgIpc) is 3.17. The molecule has 2 aromatic rings. The quantitative estimate of drug-likeness (QED) is 0.835. The van der Waals surface area contributed by atoms with Crippen molar-refractivity contribution in [3.8, 4) is 0 Å². The van der Waals surface area contributed by atoms with Gasteiger partial charge in [0, 0.05) is 17.6 Å². The lowest BCUT2D eigenvalue weighted by atomic mass is 10.1. The molecular weight excluding hydrogens is 312 g/mol. The first kappa shape index (κ1) is 16.1. The molecule has 1 aliphatic heterocycles. The average molecular weight is 333 g/mol. The van der Waals surface area contributed by atoms with Crippen molar-refractivity contribution in [2.24, 2.45) is 0 Å². The number of nitrogens with zero attached hydrogens (tertiary/aromatic N) is 2. The molecule has 1 aromatic carbocycles. The number of carbonyl (C=O) groups is 1. The second kappa shape index (κ2) is 6.75. The molecule has 1 aromatic heterocycles. The van der Waals surface area contributed by atoms with E-state index in [4.69, 9.17) is 16.1 Å². The Morgan fingerprint density at radius 3 is 2.91 bits per heavy atom. The number of benzene rings is 1. The van der Waals surface area contributed by atoms with Crippen molar-refractivity contribution < 1.29 is 9.32 Å². The number of carbonyl (C=O) groups excluding carboxylic acids is 1. The van der Waals surface area contributed by atoms with Crippen LogP contribution in [0.25, 0.3) is 0 Å². The molecule has 2 heterocycles. The molecule has 1 amide bonds. The number of halogens is 1. The van der Waals surface area contributed by atoms with E-state index in [1.165, 1.54) is 0 Å². The van der Waals surface area contributed by atoms with E-state index in [-0.39, 0.29) is 11.9 Å². The normalized spacial score (nSPS) is 17.9. The van der Waals surface area contributed by atoms with Crippen LogP contribution in [-0.2, 0) is 11.2 Å². The maximum absolute atomic E-state index is 12.7. The van der Waals surface area contributed by atoms with Crippen LogP contribution in [0.3, 0.4) is 0 Å². The first-order chi connectivity index (χ1) is 11.1. The molecule has 0 radical (unpaired) electrons. The fraction of sp³-hybridized carbons (Fsp3) is 0.444. The van der Waals surface area contributed by atoms with Crippen molar-refractivity contribution in [1.82, 2.24) is 10.1 Å². The highest BCUT2D eigenvalue weighted by molar-refractivity contribution is 6.31. The predicted octanol–water partition coefficient (Wildman–Crippen LogP) is 4.36. The van der Waals surface area contributed by atoms with Crippen LogP contribution in [0.2, 0.25) is 5.02 Å². The van der Waals surface area contributed by atoms with Gasteiger partial charge in [0.15, 0.2) is 5.76 Å². The lowest BCUT2D eigenvalue weighted by molar-refractivity contribution is -0.131. The van der Waals surface area contributed by atoms with Gasteiger partial charge in [-0.05, 0) is 30.4 Å². The first-order valence-corrected chi connectivity index (χ1v) is 8.43. The molecule has 5 heteroatoms. The third-order valence-electron chi connectivity index (χ3n) is 4.34. The van der Waals surface area contributed by atoms with E-state index in [0.29, 0.717) is 17.4 Å². The minimum atomic E-state index is -0.00927. The second-order valence-corrected chi connectivity index (χ2v) is 6.73. The third kappa shape index (κ3) is 3.42. The van der Waals surface area contributed by atoms with E-state index in [9.17, 15) is 4.79 Å². The summed E-state index contributed by atoms with van der Waals surface area (Å²) in [5.74, 6) is 1.20. The molecule has 0 bridgehead atoms. The van der Waals surface area contributed by atoms with E-state index in [1.807, 2.05) is 35.2 Å². The standard InChI is InChI=1S/C18H21ClN2O2/c1-12(2)15-11-17(23-20-15)16-8-5-9-21(16)18(22)10-13-6-3-4-7-14(13)19/h3-4,6-7,11-12,16H,5,8-10H2,1-2H3. The number of hydrogen-bond acceptors (Lipinski definition) is 3. The number of hydrogen-bond donors (Lipinski definition) is 0. The predicted molar refractivity (Wildman–Crippen MR) is 89.4 cm³/mol. The smallest absolute Gasteiger partial charge is 0.227 e. The van der Waals surface area contributed by atoms with Gasteiger partial charge >= 0.3 is 0 Å². The van der Waals surface area contributed by atoms with Crippen LogP contribution in [0.1, 0.15) is 55.7 Å². The molecule has 1 fully saturated rings. The van der Waals surface area contributed by atoms with Gasteiger partial charge in [-0.25, -0.2) is 0 Å². The number of likely N-dealkylation sites (tertiary alicyclic amines) is 1. The highest BCUT2D eigenvalue weighted by Crippen LogP contribution is 2.34. The van der Waals surface area contributed by atoms with Gasteiger partial charge in [0.2, 0.25) is 5.91 Å². The van der Waals surface area contributed by atoms with Crippen LogP contribution in [0, 0.1) is 0 Å². The summed E-state index contributed by atoms with van der Waals surface area (Å²) in [7, 11) is 0. The summed E-state index contributed by atoms with van der Waals surface area (Å²) in [5, 5.41) is 4.76. The monoisotopic (exact) mass is 332 g/mol. The van der Waals surface area contributed by atoms with Gasteiger partial charge in [-0.1, -0.05) is 48.8 Å². The Hall–Kier alpha value is -1.81. The third-order valence-corrected chi connectivity index (χ3v) is 4.71. The molecule has 0 spiro atoms. The minimum absolute atomic E-state index is 0.00927. The molecule has 0 saturated carbocycles. The van der Waals surface area contributed by atoms with Crippen LogP contribution < -0.4 is 0 Å². The summed E-state index contributed by atoms with van der Waals surface area (Å²) in [6.45, 7) is 4.92. The lowest BCUT2D eigenvalue weighted by Gasteiger charge is -2.23. The van der Waals surface area contributed by atoms with Crippen LogP contribution in [0.4, 0.5) is 0 Å². The van der Waals surface area contributed by atoms with Crippen LogP contribution >= 0.6 is 11.6 Å². The molecule has 0 aliphatic carbocycles. The Balaban J connectivity index is 1.75. The fourth-order valence-electron chi connectivity index (χ4n) is 3.00. The summed E-state index contributed by atoms with van der Waals surface area (Å²) < 4.78 is 5.49. The Morgan fingerprint density at radius 2 is 2.22 bits per heavy atom. The van der Waals surface area contributed by atoms with Crippen molar-refractivity contribution in [3.63, 3.8) is 0 Å². The number of rotatable bonds is 4. The van der Waals surface area contributed by atoms with E-state index in [0.717, 1.165) is 36.4 Å². The molecule has 122 valence electrons. The highest BCUT2D eigenvalue weighted by atomic mass is 35.5. The molecule has 1 unspecified atom stereocenters. The van der Waals surface area contributed by atoms with E-state index < -0.39 is 0 Å². The fourth-order valence-corrected chi connectivity index (χ4v) is 3.20. The van der Waals surface area contributed by atoms with E-state index in [1.54, 1.807) is 0 Å². The molecule has 1 aliphatic rings. The van der Waals surface area contributed by atoms with Crippen molar-refractivity contribution in [3.05, 3.63) is 52.4 Å². The number of amides is 1. The van der Waals surface area contributed by atoms with Crippen molar-refractivity contribution in [2.75, 3.05) is 6.54 Å². The van der Waals surface area contributed by atoms with Gasteiger partial charge in [-0.15, -0.1) is 0 Å². The van der Waals surface area contributed by atoms with Crippen LogP contribution in [0.15, 0.2) is 34.9 Å². The Kier molecular flexibility index (Phi) is 4.71. The zero-order chi connectivity index (χ0) is 16.4.